The van der Waals surface area contributed by atoms with Gasteiger partial charge in [0.15, 0.2) is 0 Å². The number of hydrogen-bond acceptors (Lipinski definition) is 4. The number of nitrogens with zero attached hydrogens (tertiary/aromatic N) is 2. The van der Waals surface area contributed by atoms with Crippen molar-refractivity contribution in [3.8, 4) is 0 Å². The molecule has 2 fully saturated rings. The number of nitrogens with one attached hydrogen (secondary N) is 2. The van der Waals surface area contributed by atoms with Crippen LogP contribution in [0, 0.1) is 0 Å². The van der Waals surface area contributed by atoms with Gasteiger partial charge in [0.25, 0.3) is 0 Å². The van der Waals surface area contributed by atoms with Gasteiger partial charge in [-0.1, -0.05) is 0 Å². The summed E-state index contributed by atoms with van der Waals surface area (Å²) in [6.45, 7) is 2.09. The second kappa shape index (κ2) is 6.70. The molecule has 2 aliphatic heterocycles. The van der Waals surface area contributed by atoms with Crippen LogP contribution in [0.3, 0.4) is 0 Å². The standard InChI is InChI=1S/C19H22N4O2/c24-17-9-7-15(21-17)19(25)22-14-6-8-16(23-11-2-1-3-12-23)18-13(14)5-4-10-20-18/h4-6,8,10,15H,1-3,7,9,11-12H2,(H,21,24)(H,22,25)/t15-/m0/s1. The molecule has 1 aromatic heterocycles. The number of carbonyl (C=O) groups is 2. The number of aromatic nitrogens is 1. The molecule has 0 saturated carbocycles. The Balaban J connectivity index is 1.64. The minimum atomic E-state index is -0.444. The summed E-state index contributed by atoms with van der Waals surface area (Å²) in [7, 11) is 0. The first-order valence-electron chi connectivity index (χ1n) is 8.95. The highest BCUT2D eigenvalue weighted by atomic mass is 16.2. The SMILES string of the molecule is O=C1CC[C@@H](C(=O)Nc2ccc(N3CCCCC3)c3ncccc23)N1. The van der Waals surface area contributed by atoms with Crippen LogP contribution in [0.25, 0.3) is 10.9 Å². The molecule has 0 bridgehead atoms. The lowest BCUT2D eigenvalue weighted by Gasteiger charge is -2.29. The lowest BCUT2D eigenvalue weighted by atomic mass is 10.1. The van der Waals surface area contributed by atoms with Gasteiger partial charge in [-0.2, -0.15) is 0 Å². The van der Waals surface area contributed by atoms with Gasteiger partial charge in [0.1, 0.15) is 6.04 Å². The molecule has 0 spiro atoms. The largest absolute Gasteiger partial charge is 0.370 e. The third-order valence-corrected chi connectivity index (χ3v) is 5.01. The van der Waals surface area contributed by atoms with Crippen molar-refractivity contribution in [2.75, 3.05) is 23.3 Å². The van der Waals surface area contributed by atoms with Crippen molar-refractivity contribution in [2.45, 2.75) is 38.1 Å². The van der Waals surface area contributed by atoms with E-state index in [2.05, 4.69) is 20.5 Å². The maximum absolute atomic E-state index is 12.4. The summed E-state index contributed by atoms with van der Waals surface area (Å²) in [6, 6.07) is 7.42. The van der Waals surface area contributed by atoms with Crippen molar-refractivity contribution < 1.29 is 9.59 Å². The number of fused-ring (bicyclic) bond motifs is 1. The molecule has 2 N–H and O–H groups in total. The zero-order valence-electron chi connectivity index (χ0n) is 14.1. The number of hydrogen-bond donors (Lipinski definition) is 2. The summed E-state index contributed by atoms with van der Waals surface area (Å²) in [5.41, 5.74) is 2.79. The van der Waals surface area contributed by atoms with Crippen LogP contribution in [-0.2, 0) is 9.59 Å². The molecule has 2 aliphatic rings. The first-order chi connectivity index (χ1) is 12.2. The van der Waals surface area contributed by atoms with Gasteiger partial charge in [-0.05, 0) is 49.9 Å². The molecule has 2 aromatic rings. The van der Waals surface area contributed by atoms with Crippen molar-refractivity contribution in [3.05, 3.63) is 30.5 Å². The normalized spacial score (nSPS) is 20.6. The maximum Gasteiger partial charge on any atom is 0.246 e. The maximum atomic E-state index is 12.4. The Hall–Kier alpha value is -2.63. The van der Waals surface area contributed by atoms with Crippen LogP contribution < -0.4 is 15.5 Å². The van der Waals surface area contributed by atoms with E-state index >= 15 is 0 Å². The second-order valence-corrected chi connectivity index (χ2v) is 6.73. The number of pyridine rings is 1. The highest BCUT2D eigenvalue weighted by molar-refractivity contribution is 6.07. The fraction of sp³-hybridized carbons (Fsp3) is 0.421. The Morgan fingerprint density at radius 2 is 2.04 bits per heavy atom. The van der Waals surface area contributed by atoms with Crippen molar-refractivity contribution >= 4 is 34.1 Å². The van der Waals surface area contributed by atoms with Crippen molar-refractivity contribution in [2.24, 2.45) is 0 Å². The lowest BCUT2D eigenvalue weighted by molar-refractivity contribution is -0.122. The zero-order chi connectivity index (χ0) is 17.2. The third kappa shape index (κ3) is 3.16. The number of rotatable bonds is 3. The molecular weight excluding hydrogens is 316 g/mol. The average molecular weight is 338 g/mol. The van der Waals surface area contributed by atoms with E-state index < -0.39 is 6.04 Å². The van der Waals surface area contributed by atoms with Gasteiger partial charge in [0, 0.05) is 31.1 Å². The number of anilines is 2. The molecule has 25 heavy (non-hydrogen) atoms. The van der Waals surface area contributed by atoms with Crippen LogP contribution in [0.1, 0.15) is 32.1 Å². The van der Waals surface area contributed by atoms with E-state index in [0.29, 0.717) is 12.8 Å². The summed E-state index contributed by atoms with van der Waals surface area (Å²) in [5.74, 6) is -0.228. The van der Waals surface area contributed by atoms with Crippen molar-refractivity contribution in [1.82, 2.24) is 10.3 Å². The van der Waals surface area contributed by atoms with E-state index in [-0.39, 0.29) is 11.8 Å². The highest BCUT2D eigenvalue weighted by Crippen LogP contribution is 2.32. The van der Waals surface area contributed by atoms with E-state index in [0.717, 1.165) is 35.4 Å². The quantitative estimate of drug-likeness (QED) is 0.901. The molecular formula is C19H22N4O2. The van der Waals surface area contributed by atoms with Gasteiger partial charge in [-0.15, -0.1) is 0 Å². The van der Waals surface area contributed by atoms with Gasteiger partial charge in [-0.25, -0.2) is 0 Å². The van der Waals surface area contributed by atoms with Crippen LogP contribution in [0.4, 0.5) is 11.4 Å². The Kier molecular flexibility index (Phi) is 4.26. The van der Waals surface area contributed by atoms with Crippen LogP contribution in [0.5, 0.6) is 0 Å². The van der Waals surface area contributed by atoms with Crippen molar-refractivity contribution in [3.63, 3.8) is 0 Å². The predicted octanol–water partition coefficient (Wildman–Crippen LogP) is 2.44. The van der Waals surface area contributed by atoms with Gasteiger partial charge in [0.2, 0.25) is 11.8 Å². The molecule has 0 unspecified atom stereocenters. The fourth-order valence-corrected chi connectivity index (χ4v) is 3.69. The molecule has 0 aliphatic carbocycles. The summed E-state index contributed by atoms with van der Waals surface area (Å²) in [5, 5.41) is 6.61. The molecule has 1 atom stereocenters. The van der Waals surface area contributed by atoms with Crippen LogP contribution in [0.2, 0.25) is 0 Å². The first kappa shape index (κ1) is 15.9. The Morgan fingerprint density at radius 1 is 1.20 bits per heavy atom. The van der Waals surface area contributed by atoms with Gasteiger partial charge >= 0.3 is 0 Å². The van der Waals surface area contributed by atoms with Gasteiger partial charge in [-0.3, -0.25) is 14.6 Å². The summed E-state index contributed by atoms with van der Waals surface area (Å²) < 4.78 is 0. The number of benzene rings is 1. The summed E-state index contributed by atoms with van der Waals surface area (Å²) in [6.07, 6.45) is 6.44. The Morgan fingerprint density at radius 3 is 2.80 bits per heavy atom. The molecule has 6 heteroatoms. The second-order valence-electron chi connectivity index (χ2n) is 6.73. The fourth-order valence-electron chi connectivity index (χ4n) is 3.69. The van der Waals surface area contributed by atoms with Gasteiger partial charge in [0.05, 0.1) is 16.9 Å². The zero-order valence-corrected chi connectivity index (χ0v) is 14.1. The van der Waals surface area contributed by atoms with E-state index in [1.165, 1.54) is 19.3 Å². The molecule has 2 amide bonds. The van der Waals surface area contributed by atoms with Crippen LogP contribution in [-0.4, -0.2) is 35.9 Å². The molecule has 3 heterocycles. The van der Waals surface area contributed by atoms with Crippen LogP contribution in [0.15, 0.2) is 30.5 Å². The van der Waals surface area contributed by atoms with E-state index in [4.69, 9.17) is 0 Å². The number of piperidine rings is 1. The minimum absolute atomic E-state index is 0.0629. The third-order valence-electron chi connectivity index (χ3n) is 5.01. The van der Waals surface area contributed by atoms with Gasteiger partial charge < -0.3 is 15.5 Å². The summed E-state index contributed by atoms with van der Waals surface area (Å²) >= 11 is 0. The average Bonchev–Trinajstić information content (AvgIpc) is 3.09. The first-order valence-corrected chi connectivity index (χ1v) is 8.95. The molecule has 130 valence electrons. The number of amides is 2. The minimum Gasteiger partial charge on any atom is -0.370 e. The topological polar surface area (TPSA) is 74.3 Å². The Bertz CT molecular complexity index is 814. The molecule has 2 saturated heterocycles. The highest BCUT2D eigenvalue weighted by Gasteiger charge is 2.27. The predicted molar refractivity (Wildman–Crippen MR) is 97.6 cm³/mol. The lowest BCUT2D eigenvalue weighted by Crippen LogP contribution is -2.37. The van der Waals surface area contributed by atoms with E-state index in [1.807, 2.05) is 24.3 Å². The monoisotopic (exact) mass is 338 g/mol. The summed E-state index contributed by atoms with van der Waals surface area (Å²) in [4.78, 5) is 30.7. The molecule has 4 rings (SSSR count). The van der Waals surface area contributed by atoms with Crippen LogP contribution >= 0.6 is 0 Å². The molecule has 6 nitrogen and oxygen atoms in total. The molecule has 1 aromatic carbocycles. The van der Waals surface area contributed by atoms with E-state index in [1.54, 1.807) is 6.20 Å². The van der Waals surface area contributed by atoms with E-state index in [9.17, 15) is 9.59 Å². The number of carbonyl (C=O) groups excluding carboxylic acids is 2. The molecule has 0 radical (unpaired) electrons. The smallest absolute Gasteiger partial charge is 0.246 e. The van der Waals surface area contributed by atoms with Crippen molar-refractivity contribution in [1.29, 1.82) is 0 Å². The Labute approximate surface area is 146 Å².